The van der Waals surface area contributed by atoms with Gasteiger partial charge in [-0.25, -0.2) is 9.97 Å². The molecule has 0 saturated heterocycles. The number of halogens is 4. The zero-order chi connectivity index (χ0) is 17.3. The fraction of sp³-hybridized carbons (Fsp3) is 0.267. The van der Waals surface area contributed by atoms with Crippen molar-refractivity contribution < 1.29 is 18.0 Å². The third-order valence-corrected chi connectivity index (χ3v) is 3.68. The van der Waals surface area contributed by atoms with Crippen molar-refractivity contribution in [2.75, 3.05) is 5.32 Å². The van der Waals surface area contributed by atoms with Crippen molar-refractivity contribution in [2.24, 2.45) is 0 Å². The highest BCUT2D eigenvalue weighted by Crippen LogP contribution is 2.34. The molecule has 1 aliphatic carbocycles. The summed E-state index contributed by atoms with van der Waals surface area (Å²) in [6, 6.07) is 3.13. The van der Waals surface area contributed by atoms with Crippen molar-refractivity contribution >= 4 is 29.0 Å². The second-order valence-corrected chi connectivity index (χ2v) is 5.76. The van der Waals surface area contributed by atoms with E-state index in [2.05, 4.69) is 20.6 Å². The molecule has 2 aromatic rings. The van der Waals surface area contributed by atoms with Crippen LogP contribution in [0.1, 0.15) is 28.9 Å². The number of nitrogens with zero attached hydrogens (tertiary/aromatic N) is 2. The van der Waals surface area contributed by atoms with Crippen molar-refractivity contribution in [3.05, 3.63) is 46.9 Å². The Bertz CT molecular complexity index is 760. The van der Waals surface area contributed by atoms with Gasteiger partial charge in [0.15, 0.2) is 0 Å². The second kappa shape index (κ2) is 6.27. The van der Waals surface area contributed by atoms with E-state index in [-0.39, 0.29) is 34.2 Å². The van der Waals surface area contributed by atoms with E-state index in [9.17, 15) is 18.0 Å². The van der Waals surface area contributed by atoms with Gasteiger partial charge in [-0.15, -0.1) is 0 Å². The van der Waals surface area contributed by atoms with Crippen LogP contribution in [0.15, 0.2) is 30.6 Å². The summed E-state index contributed by atoms with van der Waals surface area (Å²) >= 11 is 5.90. The Kier molecular flexibility index (Phi) is 4.31. The molecule has 1 fully saturated rings. The lowest BCUT2D eigenvalue weighted by Gasteiger charge is -2.12. The largest absolute Gasteiger partial charge is 0.416 e. The van der Waals surface area contributed by atoms with Crippen LogP contribution in [0.25, 0.3) is 0 Å². The number of nitrogens with one attached hydrogen (secondary N) is 2. The highest BCUT2D eigenvalue weighted by molar-refractivity contribution is 6.33. The van der Waals surface area contributed by atoms with Gasteiger partial charge in [0.05, 0.1) is 28.7 Å². The first-order valence-corrected chi connectivity index (χ1v) is 7.47. The van der Waals surface area contributed by atoms with Gasteiger partial charge in [-0.1, -0.05) is 11.6 Å². The number of hydrogen-bond donors (Lipinski definition) is 2. The van der Waals surface area contributed by atoms with Crippen molar-refractivity contribution in [1.29, 1.82) is 0 Å². The maximum atomic E-state index is 12.7. The van der Waals surface area contributed by atoms with Gasteiger partial charge in [-0.05, 0) is 31.0 Å². The van der Waals surface area contributed by atoms with E-state index < -0.39 is 11.7 Å². The molecule has 0 aliphatic heterocycles. The van der Waals surface area contributed by atoms with Gasteiger partial charge in [-0.3, -0.25) is 4.79 Å². The van der Waals surface area contributed by atoms with Gasteiger partial charge in [0.2, 0.25) is 0 Å². The molecule has 0 atom stereocenters. The van der Waals surface area contributed by atoms with E-state index in [4.69, 9.17) is 11.6 Å². The molecule has 24 heavy (non-hydrogen) atoms. The topological polar surface area (TPSA) is 66.9 Å². The van der Waals surface area contributed by atoms with Crippen LogP contribution in [0.2, 0.25) is 5.02 Å². The molecular weight excluding hydrogens is 345 g/mol. The lowest BCUT2D eigenvalue weighted by Crippen LogP contribution is -2.26. The maximum absolute atomic E-state index is 12.7. The van der Waals surface area contributed by atoms with Gasteiger partial charge < -0.3 is 10.6 Å². The summed E-state index contributed by atoms with van der Waals surface area (Å²) in [4.78, 5) is 19.7. The fourth-order valence-electron chi connectivity index (χ4n) is 1.93. The molecule has 1 aromatic carbocycles. The number of benzene rings is 1. The highest BCUT2D eigenvalue weighted by Gasteiger charge is 2.31. The summed E-state index contributed by atoms with van der Waals surface area (Å²) in [6.07, 6.45) is -0.0584. The van der Waals surface area contributed by atoms with Crippen LogP contribution in [0.3, 0.4) is 0 Å². The molecule has 1 heterocycles. The Morgan fingerprint density at radius 2 is 1.96 bits per heavy atom. The van der Waals surface area contributed by atoms with Crippen LogP contribution < -0.4 is 10.6 Å². The number of rotatable bonds is 4. The average molecular weight is 357 g/mol. The van der Waals surface area contributed by atoms with Crippen molar-refractivity contribution in [2.45, 2.75) is 25.1 Å². The van der Waals surface area contributed by atoms with Gasteiger partial charge in [-0.2, -0.15) is 13.2 Å². The monoisotopic (exact) mass is 356 g/mol. The quantitative estimate of drug-likeness (QED) is 0.874. The minimum atomic E-state index is -4.47. The molecule has 2 N–H and O–H groups in total. The predicted octanol–water partition coefficient (Wildman–Crippen LogP) is 3.78. The maximum Gasteiger partial charge on any atom is 0.416 e. The first-order chi connectivity index (χ1) is 11.3. The highest BCUT2D eigenvalue weighted by atomic mass is 35.5. The number of hydrogen-bond acceptors (Lipinski definition) is 4. The van der Waals surface area contributed by atoms with E-state index in [1.165, 1.54) is 12.4 Å². The van der Waals surface area contributed by atoms with Gasteiger partial charge in [0, 0.05) is 6.04 Å². The molecular formula is C15H12ClF3N4O. The Hall–Kier alpha value is -2.35. The first kappa shape index (κ1) is 16.5. The molecule has 3 rings (SSSR count). The standard InChI is InChI=1S/C15H12ClF3N4O/c16-10-4-1-8(15(17,18)19)5-11(10)23-13-7-20-12(6-21-13)14(24)22-9-2-3-9/h1,4-7,9H,2-3H2,(H,21,23)(H,22,24). The molecule has 1 amide bonds. The Morgan fingerprint density at radius 1 is 1.21 bits per heavy atom. The number of aromatic nitrogens is 2. The van der Waals surface area contributed by atoms with Crippen molar-refractivity contribution in [3.8, 4) is 0 Å². The summed E-state index contributed by atoms with van der Waals surface area (Å²) in [6.45, 7) is 0. The van der Waals surface area contributed by atoms with Crippen molar-refractivity contribution in [1.82, 2.24) is 15.3 Å². The normalized spacial score (nSPS) is 14.3. The smallest absolute Gasteiger partial charge is 0.348 e. The third-order valence-electron chi connectivity index (χ3n) is 3.35. The van der Waals surface area contributed by atoms with E-state index in [0.717, 1.165) is 31.0 Å². The molecule has 0 radical (unpaired) electrons. The van der Waals surface area contributed by atoms with Crippen molar-refractivity contribution in [3.63, 3.8) is 0 Å². The summed E-state index contributed by atoms with van der Waals surface area (Å²) < 4.78 is 38.2. The molecule has 1 saturated carbocycles. The van der Waals surface area contributed by atoms with Crippen LogP contribution in [0, 0.1) is 0 Å². The van der Waals surface area contributed by atoms with Crippen LogP contribution in [0.5, 0.6) is 0 Å². The van der Waals surface area contributed by atoms with E-state index in [1.54, 1.807) is 0 Å². The third kappa shape index (κ3) is 3.94. The lowest BCUT2D eigenvalue weighted by molar-refractivity contribution is -0.137. The summed E-state index contributed by atoms with van der Waals surface area (Å²) in [7, 11) is 0. The molecule has 126 valence electrons. The number of anilines is 2. The molecule has 1 aliphatic rings. The molecule has 5 nitrogen and oxygen atoms in total. The molecule has 0 spiro atoms. The minimum absolute atomic E-state index is 0.0518. The molecule has 9 heteroatoms. The summed E-state index contributed by atoms with van der Waals surface area (Å²) in [5, 5.41) is 5.54. The number of alkyl halides is 3. The summed E-state index contributed by atoms with van der Waals surface area (Å²) in [5.74, 6) is -0.146. The second-order valence-electron chi connectivity index (χ2n) is 5.35. The molecule has 1 aromatic heterocycles. The molecule has 0 bridgehead atoms. The van der Waals surface area contributed by atoms with E-state index in [0.29, 0.717) is 0 Å². The summed E-state index contributed by atoms with van der Waals surface area (Å²) in [5.41, 5.74) is -0.638. The van der Waals surface area contributed by atoms with E-state index >= 15 is 0 Å². The van der Waals surface area contributed by atoms with Crippen LogP contribution in [-0.2, 0) is 6.18 Å². The van der Waals surface area contributed by atoms with Crippen LogP contribution in [0.4, 0.5) is 24.7 Å². The predicted molar refractivity (Wildman–Crippen MR) is 82.3 cm³/mol. The number of carbonyl (C=O) groups is 1. The SMILES string of the molecule is O=C(NC1CC1)c1cnc(Nc2cc(C(F)(F)F)ccc2Cl)cn1. The zero-order valence-electron chi connectivity index (χ0n) is 12.2. The molecule has 0 unspecified atom stereocenters. The van der Waals surface area contributed by atoms with Crippen LogP contribution >= 0.6 is 11.6 Å². The first-order valence-electron chi connectivity index (χ1n) is 7.09. The average Bonchev–Trinajstić information content (AvgIpc) is 3.33. The fourth-order valence-corrected chi connectivity index (χ4v) is 2.10. The minimum Gasteiger partial charge on any atom is -0.348 e. The lowest BCUT2D eigenvalue weighted by atomic mass is 10.2. The van der Waals surface area contributed by atoms with Gasteiger partial charge in [0.1, 0.15) is 11.5 Å². The Labute approximate surface area is 140 Å². The number of carbonyl (C=O) groups excluding carboxylic acids is 1. The zero-order valence-corrected chi connectivity index (χ0v) is 12.9. The van der Waals surface area contributed by atoms with Crippen LogP contribution in [-0.4, -0.2) is 21.9 Å². The van der Waals surface area contributed by atoms with E-state index in [1.807, 2.05) is 0 Å². The Balaban J connectivity index is 1.75. The number of amides is 1. The van der Waals surface area contributed by atoms with Gasteiger partial charge >= 0.3 is 6.18 Å². The van der Waals surface area contributed by atoms with Gasteiger partial charge in [0.25, 0.3) is 5.91 Å². The Morgan fingerprint density at radius 3 is 2.54 bits per heavy atom.